The molecule has 1 heterocycles. The van der Waals surface area contributed by atoms with Crippen LogP contribution in [0, 0.1) is 12.7 Å². The summed E-state index contributed by atoms with van der Waals surface area (Å²) in [5.74, 6) is -0.703. The Hall–Kier alpha value is -2.78. The fraction of sp³-hybridized carbons (Fsp3) is 0.364. The van der Waals surface area contributed by atoms with E-state index < -0.39 is 21.6 Å². The number of hydrogen-bond acceptors (Lipinski definition) is 4. The van der Waals surface area contributed by atoms with E-state index >= 15 is 0 Å². The summed E-state index contributed by atoms with van der Waals surface area (Å²) in [4.78, 5) is 26.9. The van der Waals surface area contributed by atoms with E-state index in [1.807, 2.05) is 0 Å². The molecule has 1 aliphatic carbocycles. The number of carbonyl (C=O) groups excluding carboxylic acids is 2. The van der Waals surface area contributed by atoms with Crippen molar-refractivity contribution >= 4 is 22.0 Å². The van der Waals surface area contributed by atoms with E-state index in [0.717, 1.165) is 4.90 Å². The second-order valence-corrected chi connectivity index (χ2v) is 9.87. The minimum atomic E-state index is -3.67. The van der Waals surface area contributed by atoms with Gasteiger partial charge in [0.2, 0.25) is 10.0 Å². The van der Waals surface area contributed by atoms with Gasteiger partial charge >= 0.3 is 6.03 Å². The molecular formula is C22H24FN3O4S. The molecule has 3 amide bonds. The van der Waals surface area contributed by atoms with Crippen LogP contribution < -0.4 is 10.0 Å². The molecule has 0 unspecified atom stereocenters. The van der Waals surface area contributed by atoms with Gasteiger partial charge in [-0.3, -0.25) is 9.69 Å². The number of hydrogen-bond donors (Lipinski definition) is 2. The van der Waals surface area contributed by atoms with Gasteiger partial charge in [0.25, 0.3) is 5.91 Å². The Balaban J connectivity index is 1.42. The molecule has 9 heteroatoms. The molecule has 0 aromatic heterocycles. The van der Waals surface area contributed by atoms with Crippen molar-refractivity contribution in [2.45, 2.75) is 55.6 Å². The van der Waals surface area contributed by atoms with Crippen LogP contribution >= 0.6 is 0 Å². The number of sulfonamides is 1. The Morgan fingerprint density at radius 3 is 2.39 bits per heavy atom. The van der Waals surface area contributed by atoms with Crippen LogP contribution in [0.5, 0.6) is 0 Å². The Labute approximate surface area is 180 Å². The molecule has 4 rings (SSSR count). The highest BCUT2D eigenvalue weighted by molar-refractivity contribution is 7.89. The highest BCUT2D eigenvalue weighted by Gasteiger charge is 2.52. The van der Waals surface area contributed by atoms with Gasteiger partial charge in [0.05, 0.1) is 11.4 Å². The van der Waals surface area contributed by atoms with Crippen LogP contribution in [-0.2, 0) is 21.4 Å². The molecule has 164 valence electrons. The molecule has 2 aromatic carbocycles. The van der Waals surface area contributed by atoms with E-state index in [1.165, 1.54) is 24.3 Å². The number of rotatable bonds is 5. The molecule has 0 radical (unpaired) electrons. The third-order valence-electron chi connectivity index (χ3n) is 6.04. The number of carbonyl (C=O) groups is 2. The predicted molar refractivity (Wildman–Crippen MR) is 112 cm³/mol. The van der Waals surface area contributed by atoms with Crippen molar-refractivity contribution in [3.8, 4) is 0 Å². The first-order valence-corrected chi connectivity index (χ1v) is 11.6. The van der Waals surface area contributed by atoms with Crippen molar-refractivity contribution in [3.63, 3.8) is 0 Å². The molecule has 2 aliphatic rings. The molecule has 1 spiro atoms. The van der Waals surface area contributed by atoms with Crippen molar-refractivity contribution in [1.82, 2.24) is 14.9 Å². The van der Waals surface area contributed by atoms with Gasteiger partial charge in [0, 0.05) is 6.04 Å². The third-order valence-corrected chi connectivity index (χ3v) is 7.72. The average Bonchev–Trinajstić information content (AvgIpc) is 2.95. The van der Waals surface area contributed by atoms with Gasteiger partial charge < -0.3 is 5.32 Å². The van der Waals surface area contributed by atoms with Crippen LogP contribution in [0.3, 0.4) is 0 Å². The summed E-state index contributed by atoms with van der Waals surface area (Å²) in [6, 6.07) is 11.6. The minimum Gasteiger partial charge on any atom is -0.323 e. The molecule has 31 heavy (non-hydrogen) atoms. The van der Waals surface area contributed by atoms with Crippen LogP contribution in [0.2, 0.25) is 0 Å². The van der Waals surface area contributed by atoms with E-state index in [0.29, 0.717) is 36.8 Å². The Morgan fingerprint density at radius 2 is 1.74 bits per heavy atom. The summed E-state index contributed by atoms with van der Waals surface area (Å²) in [6.45, 7) is 1.81. The molecule has 2 N–H and O–H groups in total. The van der Waals surface area contributed by atoms with Crippen molar-refractivity contribution < 1.29 is 22.4 Å². The smallest absolute Gasteiger partial charge is 0.323 e. The normalized spacial score (nSPS) is 23.9. The lowest BCUT2D eigenvalue weighted by molar-refractivity contribution is -0.132. The Kier molecular flexibility index (Phi) is 5.57. The van der Waals surface area contributed by atoms with Gasteiger partial charge in [-0.1, -0.05) is 30.3 Å². The van der Waals surface area contributed by atoms with Crippen molar-refractivity contribution in [2.75, 3.05) is 0 Å². The molecule has 2 fully saturated rings. The van der Waals surface area contributed by atoms with E-state index in [-0.39, 0.29) is 29.2 Å². The highest BCUT2D eigenvalue weighted by atomic mass is 32.2. The molecule has 0 bridgehead atoms. The maximum atomic E-state index is 13.1. The van der Waals surface area contributed by atoms with Crippen LogP contribution in [0.4, 0.5) is 9.18 Å². The summed E-state index contributed by atoms with van der Waals surface area (Å²) in [7, 11) is -3.67. The standard InChI is InChI=1S/C22H24FN3O4S/c1-15-4-2-3-5-19(15)31(29,30)25-18-10-12-22(13-11-18)20(27)26(21(28)24-22)14-16-6-8-17(23)9-7-16/h2-9,18,25H,10-14H2,1H3,(H,24,28). The minimum absolute atomic E-state index is 0.0655. The largest absolute Gasteiger partial charge is 0.325 e. The first-order chi connectivity index (χ1) is 14.7. The van der Waals surface area contributed by atoms with E-state index in [4.69, 9.17) is 0 Å². The summed E-state index contributed by atoms with van der Waals surface area (Å²) in [6.07, 6.45) is 1.56. The third kappa shape index (κ3) is 4.20. The van der Waals surface area contributed by atoms with Gasteiger partial charge in [-0.25, -0.2) is 22.3 Å². The van der Waals surface area contributed by atoms with Crippen LogP contribution in [0.15, 0.2) is 53.4 Å². The number of amides is 3. The molecule has 1 aliphatic heterocycles. The maximum Gasteiger partial charge on any atom is 0.325 e. The fourth-order valence-electron chi connectivity index (χ4n) is 4.30. The first-order valence-electron chi connectivity index (χ1n) is 10.2. The quantitative estimate of drug-likeness (QED) is 0.692. The molecule has 1 saturated carbocycles. The lowest BCUT2D eigenvalue weighted by atomic mass is 9.79. The molecule has 7 nitrogen and oxygen atoms in total. The Bertz CT molecular complexity index is 1110. The SMILES string of the molecule is Cc1ccccc1S(=O)(=O)NC1CCC2(CC1)NC(=O)N(Cc1ccc(F)cc1)C2=O. The summed E-state index contributed by atoms with van der Waals surface area (Å²) >= 11 is 0. The molecule has 2 aromatic rings. The lowest BCUT2D eigenvalue weighted by Gasteiger charge is -2.35. The molecule has 0 atom stereocenters. The summed E-state index contributed by atoms with van der Waals surface area (Å²) < 4.78 is 41.3. The number of imide groups is 1. The van der Waals surface area contributed by atoms with E-state index in [1.54, 1.807) is 31.2 Å². The van der Waals surface area contributed by atoms with E-state index in [2.05, 4.69) is 10.0 Å². The van der Waals surface area contributed by atoms with Gasteiger partial charge in [0.15, 0.2) is 0 Å². The van der Waals surface area contributed by atoms with Crippen LogP contribution in [-0.4, -0.2) is 36.8 Å². The predicted octanol–water partition coefficient (Wildman–Crippen LogP) is 2.85. The van der Waals surface area contributed by atoms with Crippen LogP contribution in [0.25, 0.3) is 0 Å². The number of nitrogens with one attached hydrogen (secondary N) is 2. The monoisotopic (exact) mass is 445 g/mol. The number of nitrogens with zero attached hydrogens (tertiary/aromatic N) is 1. The summed E-state index contributed by atoms with van der Waals surface area (Å²) in [5, 5.41) is 2.81. The van der Waals surface area contributed by atoms with Gasteiger partial charge in [-0.15, -0.1) is 0 Å². The zero-order valence-corrected chi connectivity index (χ0v) is 17.9. The van der Waals surface area contributed by atoms with Crippen LogP contribution in [0.1, 0.15) is 36.8 Å². The second kappa shape index (κ2) is 8.05. The Morgan fingerprint density at radius 1 is 1.10 bits per heavy atom. The molecule has 1 saturated heterocycles. The second-order valence-electron chi connectivity index (χ2n) is 8.19. The zero-order valence-electron chi connectivity index (χ0n) is 17.1. The van der Waals surface area contributed by atoms with Gasteiger partial charge in [-0.05, 0) is 61.9 Å². The zero-order chi connectivity index (χ0) is 22.2. The average molecular weight is 446 g/mol. The van der Waals surface area contributed by atoms with Crippen molar-refractivity contribution in [3.05, 3.63) is 65.5 Å². The number of halogens is 1. The van der Waals surface area contributed by atoms with Crippen molar-refractivity contribution in [2.24, 2.45) is 0 Å². The number of aryl methyl sites for hydroxylation is 1. The van der Waals surface area contributed by atoms with Gasteiger partial charge in [-0.2, -0.15) is 0 Å². The lowest BCUT2D eigenvalue weighted by Crippen LogP contribution is -2.52. The fourth-order valence-corrected chi connectivity index (χ4v) is 5.85. The van der Waals surface area contributed by atoms with Gasteiger partial charge in [0.1, 0.15) is 11.4 Å². The highest BCUT2D eigenvalue weighted by Crippen LogP contribution is 2.35. The topological polar surface area (TPSA) is 95.6 Å². The summed E-state index contributed by atoms with van der Waals surface area (Å²) in [5.41, 5.74) is 0.306. The maximum absolute atomic E-state index is 13.1. The number of urea groups is 1. The number of benzene rings is 2. The van der Waals surface area contributed by atoms with Crippen molar-refractivity contribution in [1.29, 1.82) is 0 Å². The van der Waals surface area contributed by atoms with E-state index in [9.17, 15) is 22.4 Å². The first kappa shape index (κ1) is 21.5. The molecular weight excluding hydrogens is 421 g/mol.